The maximum absolute atomic E-state index is 6.94. The van der Waals surface area contributed by atoms with Crippen molar-refractivity contribution in [2.24, 2.45) is 40.4 Å². The normalized spacial score (nSPS) is 47.3. The van der Waals surface area contributed by atoms with Crippen LogP contribution < -0.4 is 5.32 Å². The van der Waals surface area contributed by atoms with Gasteiger partial charge in [-0.05, 0) is 118 Å². The molecule has 0 amide bonds. The second-order valence-electron chi connectivity index (χ2n) is 13.0. The van der Waals surface area contributed by atoms with E-state index in [1.165, 1.54) is 70.4 Å². The molecule has 9 atom stereocenters. The molecule has 30 heavy (non-hydrogen) atoms. The van der Waals surface area contributed by atoms with E-state index >= 15 is 0 Å². The molecule has 3 heteroatoms. The Bertz CT molecular complexity index is 608. The number of piperidine rings is 1. The minimum absolute atomic E-state index is 0.452. The Morgan fingerprint density at radius 1 is 1.07 bits per heavy atom. The van der Waals surface area contributed by atoms with E-state index in [4.69, 9.17) is 4.43 Å². The van der Waals surface area contributed by atoms with E-state index in [0.29, 0.717) is 16.9 Å². The molecule has 1 saturated heterocycles. The summed E-state index contributed by atoms with van der Waals surface area (Å²) in [5.41, 5.74) is 1.06. The van der Waals surface area contributed by atoms with E-state index < -0.39 is 8.32 Å². The van der Waals surface area contributed by atoms with Gasteiger partial charge in [0.25, 0.3) is 0 Å². The zero-order valence-electron chi connectivity index (χ0n) is 21.2. The third kappa shape index (κ3) is 3.87. The molecule has 0 radical (unpaired) electrons. The van der Waals surface area contributed by atoms with Crippen LogP contribution in [0.15, 0.2) is 0 Å². The van der Waals surface area contributed by atoms with Gasteiger partial charge in [-0.3, -0.25) is 0 Å². The Morgan fingerprint density at radius 3 is 2.53 bits per heavy atom. The van der Waals surface area contributed by atoms with Gasteiger partial charge >= 0.3 is 0 Å². The highest BCUT2D eigenvalue weighted by atomic mass is 28.4. The number of fused-ring (bicyclic) bond motifs is 5. The lowest BCUT2D eigenvalue weighted by atomic mass is 9.45. The minimum atomic E-state index is -1.54. The summed E-state index contributed by atoms with van der Waals surface area (Å²) in [6.45, 7) is 18.9. The van der Waals surface area contributed by atoms with Crippen LogP contribution in [0.5, 0.6) is 0 Å². The highest BCUT2D eigenvalue weighted by Gasteiger charge is 2.62. The summed E-state index contributed by atoms with van der Waals surface area (Å²) < 4.78 is 6.94. The van der Waals surface area contributed by atoms with Gasteiger partial charge in [-0.1, -0.05) is 40.5 Å². The van der Waals surface area contributed by atoms with E-state index in [2.05, 4.69) is 53.0 Å². The van der Waals surface area contributed by atoms with Crippen LogP contribution in [-0.2, 0) is 4.43 Å². The Hall–Kier alpha value is 0.137. The summed E-state index contributed by atoms with van der Waals surface area (Å²) >= 11 is 0. The zero-order valence-corrected chi connectivity index (χ0v) is 22.2. The Kier molecular flexibility index (Phi) is 6.59. The van der Waals surface area contributed by atoms with Crippen LogP contribution in [-0.4, -0.2) is 27.0 Å². The quantitative estimate of drug-likeness (QED) is 0.445. The van der Waals surface area contributed by atoms with E-state index in [0.717, 1.165) is 35.6 Å². The van der Waals surface area contributed by atoms with Gasteiger partial charge in [0.1, 0.15) is 0 Å². The van der Waals surface area contributed by atoms with Crippen LogP contribution in [0.3, 0.4) is 0 Å². The highest BCUT2D eigenvalue weighted by molar-refractivity contribution is 6.71. The third-order valence-corrected chi connectivity index (χ3v) is 13.4. The summed E-state index contributed by atoms with van der Waals surface area (Å²) in [6.07, 6.45) is 13.1. The van der Waals surface area contributed by atoms with Gasteiger partial charge in [0.05, 0.1) is 0 Å². The smallest absolute Gasteiger partial charge is 0.187 e. The average molecular weight is 434 g/mol. The van der Waals surface area contributed by atoms with Crippen LogP contribution in [0.4, 0.5) is 0 Å². The largest absolute Gasteiger partial charge is 0.414 e. The molecule has 4 rings (SSSR count). The SMILES string of the molecule is CCCC[Si](C)(C)OC(C)[C@H]1CC[C@H]2[C@@H]3C(C)CC4NCCC[C@]4(C)[C@H]3CC[C@]12C. The molecule has 3 aliphatic carbocycles. The molecule has 0 aromatic heterocycles. The van der Waals surface area contributed by atoms with Crippen molar-refractivity contribution < 1.29 is 4.43 Å². The van der Waals surface area contributed by atoms with Crippen molar-refractivity contribution in [2.45, 2.75) is 124 Å². The fraction of sp³-hybridized carbons (Fsp3) is 1.00. The number of unbranched alkanes of at least 4 members (excludes halogenated alkanes) is 1. The molecule has 0 aromatic rings. The Labute approximate surface area is 188 Å². The molecule has 174 valence electrons. The number of hydrogen-bond acceptors (Lipinski definition) is 2. The maximum atomic E-state index is 6.94. The molecule has 4 fully saturated rings. The van der Waals surface area contributed by atoms with E-state index in [1.807, 2.05) is 0 Å². The van der Waals surface area contributed by atoms with Gasteiger partial charge in [-0.15, -0.1) is 0 Å². The number of hydrogen-bond donors (Lipinski definition) is 1. The van der Waals surface area contributed by atoms with Crippen LogP contribution in [0.1, 0.15) is 92.4 Å². The molecular formula is C27H51NOSi. The monoisotopic (exact) mass is 433 g/mol. The lowest BCUT2D eigenvalue weighted by Gasteiger charge is -2.62. The van der Waals surface area contributed by atoms with Gasteiger partial charge < -0.3 is 9.74 Å². The molecule has 1 N–H and O–H groups in total. The second-order valence-corrected chi connectivity index (χ2v) is 17.3. The van der Waals surface area contributed by atoms with Crippen molar-refractivity contribution in [2.75, 3.05) is 6.54 Å². The topological polar surface area (TPSA) is 21.3 Å². The minimum Gasteiger partial charge on any atom is -0.414 e. The first-order valence-corrected chi connectivity index (χ1v) is 16.6. The molecular weight excluding hydrogens is 382 g/mol. The number of nitrogens with one attached hydrogen (secondary N) is 1. The van der Waals surface area contributed by atoms with Gasteiger partial charge in [0.15, 0.2) is 8.32 Å². The third-order valence-electron chi connectivity index (χ3n) is 10.8. The zero-order chi connectivity index (χ0) is 21.7. The molecule has 1 aliphatic heterocycles. The predicted molar refractivity (Wildman–Crippen MR) is 131 cm³/mol. The van der Waals surface area contributed by atoms with Crippen LogP contribution >= 0.6 is 0 Å². The van der Waals surface area contributed by atoms with E-state index in [-0.39, 0.29) is 0 Å². The molecule has 4 aliphatic rings. The maximum Gasteiger partial charge on any atom is 0.187 e. The van der Waals surface area contributed by atoms with Gasteiger partial charge in [-0.2, -0.15) is 0 Å². The van der Waals surface area contributed by atoms with Crippen LogP contribution in [0.2, 0.25) is 19.1 Å². The van der Waals surface area contributed by atoms with Crippen molar-refractivity contribution in [1.29, 1.82) is 0 Å². The van der Waals surface area contributed by atoms with E-state index in [1.54, 1.807) is 0 Å². The number of rotatable bonds is 6. The summed E-state index contributed by atoms with van der Waals surface area (Å²) in [5.74, 6) is 4.49. The molecule has 3 saturated carbocycles. The fourth-order valence-corrected chi connectivity index (χ4v) is 11.8. The van der Waals surface area contributed by atoms with E-state index in [9.17, 15) is 0 Å². The predicted octanol–water partition coefficient (Wildman–Crippen LogP) is 7.25. The molecule has 3 unspecified atom stereocenters. The first-order valence-electron chi connectivity index (χ1n) is 13.5. The van der Waals surface area contributed by atoms with Crippen LogP contribution in [0.25, 0.3) is 0 Å². The molecule has 0 aromatic carbocycles. The Balaban J connectivity index is 1.52. The first kappa shape index (κ1) is 23.3. The highest BCUT2D eigenvalue weighted by Crippen LogP contribution is 2.67. The van der Waals surface area contributed by atoms with Gasteiger partial charge in [0.2, 0.25) is 0 Å². The molecule has 1 heterocycles. The lowest BCUT2D eigenvalue weighted by molar-refractivity contribution is -0.124. The summed E-state index contributed by atoms with van der Waals surface area (Å²) in [5, 5.41) is 3.95. The first-order chi connectivity index (χ1) is 14.1. The van der Waals surface area contributed by atoms with Crippen molar-refractivity contribution in [3.8, 4) is 0 Å². The van der Waals surface area contributed by atoms with Gasteiger partial charge in [-0.25, -0.2) is 0 Å². The van der Waals surface area contributed by atoms with Crippen molar-refractivity contribution in [3.05, 3.63) is 0 Å². The second kappa shape index (κ2) is 8.49. The fourth-order valence-electron chi connectivity index (χ4n) is 9.29. The summed E-state index contributed by atoms with van der Waals surface area (Å²) in [6, 6.07) is 2.10. The Morgan fingerprint density at radius 2 is 1.80 bits per heavy atom. The van der Waals surface area contributed by atoms with Gasteiger partial charge in [0, 0.05) is 12.1 Å². The van der Waals surface area contributed by atoms with Crippen molar-refractivity contribution in [3.63, 3.8) is 0 Å². The molecule has 0 spiro atoms. The van der Waals surface area contributed by atoms with Crippen LogP contribution in [0, 0.1) is 40.4 Å². The molecule has 2 nitrogen and oxygen atoms in total. The standard InChI is InChI=1S/C27H51NOSi/c1-8-9-17-30(6,7)29-20(3)21-11-12-22-25-19(2)18-24-27(5,14-10-16-28-24)23(25)13-15-26(21,22)4/h19-25,28H,8-18H2,1-7H3/t19?,20?,21-,22+,23+,24?,25+,26-,27-/m1/s1. The average Bonchev–Trinajstić information content (AvgIpc) is 3.04. The lowest BCUT2D eigenvalue weighted by Crippen LogP contribution is -2.62. The molecule has 0 bridgehead atoms. The van der Waals surface area contributed by atoms with Crippen molar-refractivity contribution >= 4 is 8.32 Å². The summed E-state index contributed by atoms with van der Waals surface area (Å²) in [4.78, 5) is 0. The van der Waals surface area contributed by atoms with Crippen molar-refractivity contribution in [1.82, 2.24) is 5.32 Å². The summed E-state index contributed by atoms with van der Waals surface area (Å²) in [7, 11) is -1.54.